The highest BCUT2D eigenvalue weighted by atomic mass is 16.7. The maximum Gasteiger partial charge on any atom is 0.338 e. The first-order chi connectivity index (χ1) is 32.1. The Balaban J connectivity index is 1.25. The van der Waals surface area contributed by atoms with Crippen molar-refractivity contribution < 1.29 is 67.0 Å². The maximum atomic E-state index is 14.2. The summed E-state index contributed by atoms with van der Waals surface area (Å²) in [6.07, 6.45) is -8.01. The largest absolute Gasteiger partial charge is 0.452 e. The molecule has 0 fully saturated rings. The Bertz CT molecular complexity index is 2540. The van der Waals surface area contributed by atoms with Gasteiger partial charge in [0.15, 0.2) is 24.4 Å². The Morgan fingerprint density at radius 1 is 0.333 bits per heavy atom. The molecule has 8 rings (SSSR count). The van der Waals surface area contributed by atoms with Crippen LogP contribution in [0.3, 0.4) is 0 Å². The summed E-state index contributed by atoms with van der Waals surface area (Å²) in [5.41, 5.74) is -0.0262. The van der Waals surface area contributed by atoms with Gasteiger partial charge in [0.25, 0.3) is 23.6 Å². The summed E-state index contributed by atoms with van der Waals surface area (Å²) in [4.78, 5) is 122. The number of hydrogen-bond donors (Lipinski definition) is 0. The van der Waals surface area contributed by atoms with E-state index in [1.165, 1.54) is 97.1 Å². The first-order valence-electron chi connectivity index (χ1n) is 20.3. The Hall–Kier alpha value is -8.60. The fraction of sp³-hybridized carbons (Fsp3) is 0.120. The van der Waals surface area contributed by atoms with Crippen molar-refractivity contribution in [2.45, 2.75) is 24.4 Å². The van der Waals surface area contributed by atoms with Gasteiger partial charge in [-0.2, -0.15) is 0 Å². The van der Waals surface area contributed by atoms with E-state index in [1.807, 2.05) is 0 Å². The molecule has 0 aliphatic carbocycles. The molecule has 16 nitrogen and oxygen atoms in total. The van der Waals surface area contributed by atoms with E-state index < -0.39 is 85.1 Å². The van der Waals surface area contributed by atoms with Gasteiger partial charge in [0.05, 0.1) is 44.5 Å². The molecule has 2 aliphatic rings. The van der Waals surface area contributed by atoms with Gasteiger partial charge in [-0.15, -0.1) is 10.1 Å². The molecule has 0 aromatic heterocycles. The van der Waals surface area contributed by atoms with Crippen molar-refractivity contribution in [2.24, 2.45) is 0 Å². The number of rotatable bonds is 17. The van der Waals surface area contributed by atoms with E-state index in [0.29, 0.717) is 10.1 Å². The molecule has 4 atom stereocenters. The molecule has 4 amide bonds. The van der Waals surface area contributed by atoms with Crippen LogP contribution in [0, 0.1) is 0 Å². The second kappa shape index (κ2) is 19.8. The molecule has 0 unspecified atom stereocenters. The summed E-state index contributed by atoms with van der Waals surface area (Å²) in [7, 11) is 0. The molecule has 0 spiro atoms. The number of ether oxygens (including phenoxy) is 4. The van der Waals surface area contributed by atoms with Gasteiger partial charge in [-0.1, -0.05) is 97.1 Å². The van der Waals surface area contributed by atoms with Gasteiger partial charge in [-0.3, -0.25) is 28.9 Å². The van der Waals surface area contributed by atoms with E-state index in [4.69, 9.17) is 28.6 Å². The number of carbonyl (C=O) groups is 8. The van der Waals surface area contributed by atoms with Crippen LogP contribution in [0.2, 0.25) is 0 Å². The molecular formula is C50H36N2O14. The van der Waals surface area contributed by atoms with Crippen molar-refractivity contribution in [3.63, 3.8) is 0 Å². The number of nitrogens with zero attached hydrogens (tertiary/aromatic N) is 2. The number of imide groups is 2. The molecule has 2 aliphatic heterocycles. The molecule has 16 heteroatoms. The first-order valence-corrected chi connectivity index (χ1v) is 20.3. The van der Waals surface area contributed by atoms with Crippen LogP contribution in [0.5, 0.6) is 0 Å². The highest BCUT2D eigenvalue weighted by molar-refractivity contribution is 6.21. The van der Waals surface area contributed by atoms with Gasteiger partial charge >= 0.3 is 23.9 Å². The number of hydrogen-bond acceptors (Lipinski definition) is 14. The number of amides is 4. The Labute approximate surface area is 375 Å². The normalized spacial score (nSPS) is 14.7. The highest BCUT2D eigenvalue weighted by Crippen LogP contribution is 2.29. The van der Waals surface area contributed by atoms with Crippen LogP contribution in [0.15, 0.2) is 170 Å². The fourth-order valence-corrected chi connectivity index (χ4v) is 7.06. The van der Waals surface area contributed by atoms with E-state index in [1.54, 1.807) is 72.8 Å². The molecular weight excluding hydrogens is 853 g/mol. The predicted octanol–water partition coefficient (Wildman–Crippen LogP) is 6.34. The van der Waals surface area contributed by atoms with Gasteiger partial charge < -0.3 is 18.9 Å². The van der Waals surface area contributed by atoms with Crippen molar-refractivity contribution in [3.8, 4) is 0 Å². The minimum Gasteiger partial charge on any atom is -0.452 e. The molecule has 66 heavy (non-hydrogen) atoms. The lowest BCUT2D eigenvalue weighted by molar-refractivity contribution is -0.181. The zero-order valence-electron chi connectivity index (χ0n) is 34.5. The molecule has 0 saturated heterocycles. The fourth-order valence-electron chi connectivity index (χ4n) is 7.06. The van der Waals surface area contributed by atoms with Crippen molar-refractivity contribution in [1.29, 1.82) is 0 Å². The van der Waals surface area contributed by atoms with Crippen LogP contribution in [0.1, 0.15) is 82.9 Å². The number of benzene rings is 6. The average molecular weight is 889 g/mol. The zero-order valence-corrected chi connectivity index (χ0v) is 34.5. The SMILES string of the molecule is O=C(O[C@@H]([C@H](OC(=O)c1ccccc1)[C@@H](CON1C(=O)c2ccccc2C1=O)OC(=O)c1ccccc1)[C@@H](CON1C(=O)c2ccccc2C1=O)OC(=O)c1ccccc1)c1ccccc1. The van der Waals surface area contributed by atoms with Gasteiger partial charge in [0, 0.05) is 0 Å². The third-order valence-electron chi connectivity index (χ3n) is 10.3. The summed E-state index contributed by atoms with van der Waals surface area (Å²) in [5.74, 6) is -7.65. The monoisotopic (exact) mass is 888 g/mol. The second-order valence-corrected chi connectivity index (χ2v) is 14.6. The second-order valence-electron chi connectivity index (χ2n) is 14.6. The van der Waals surface area contributed by atoms with Crippen molar-refractivity contribution in [3.05, 3.63) is 214 Å². The summed E-state index contributed by atoms with van der Waals surface area (Å²) in [5, 5.41) is 0.876. The third-order valence-corrected chi connectivity index (χ3v) is 10.3. The van der Waals surface area contributed by atoms with Crippen molar-refractivity contribution in [1.82, 2.24) is 10.1 Å². The molecule has 6 aromatic rings. The van der Waals surface area contributed by atoms with Gasteiger partial charge in [0.1, 0.15) is 13.2 Å². The lowest BCUT2D eigenvalue weighted by Crippen LogP contribution is -2.55. The van der Waals surface area contributed by atoms with Crippen LogP contribution in [-0.2, 0) is 28.6 Å². The van der Waals surface area contributed by atoms with Crippen LogP contribution < -0.4 is 0 Å². The van der Waals surface area contributed by atoms with E-state index in [2.05, 4.69) is 0 Å². The van der Waals surface area contributed by atoms with Gasteiger partial charge in [0.2, 0.25) is 0 Å². The highest BCUT2D eigenvalue weighted by Gasteiger charge is 2.48. The standard InChI is InChI=1S/C50H36N2O14/c53-43-35-25-13-14-26-36(35)44(54)51(43)61-29-39(63-47(57)31-17-5-1-6-18-31)41(65-49(59)33-21-9-3-10-22-33)42(66-50(60)34-23-11-4-12-24-34)40(64-48(58)32-19-7-2-8-20-32)30-62-52-45(55)37-27-15-16-28-38(37)46(52)56/h1-28,39-42H,29-30H2/t39-,40-,41-,42-/m1/s1. The van der Waals surface area contributed by atoms with E-state index in [0.717, 1.165) is 0 Å². The zero-order chi connectivity index (χ0) is 46.2. The van der Waals surface area contributed by atoms with E-state index in [9.17, 15) is 38.4 Å². The lowest BCUT2D eigenvalue weighted by atomic mass is 10.0. The van der Waals surface area contributed by atoms with Gasteiger partial charge in [-0.05, 0) is 72.8 Å². The maximum absolute atomic E-state index is 14.2. The Kier molecular flexibility index (Phi) is 13.2. The molecule has 0 N–H and O–H groups in total. The Morgan fingerprint density at radius 3 is 0.818 bits per heavy atom. The summed E-state index contributed by atoms with van der Waals surface area (Å²) < 4.78 is 24.3. The topological polar surface area (TPSA) is 198 Å². The van der Waals surface area contributed by atoms with Crippen molar-refractivity contribution in [2.75, 3.05) is 13.2 Å². The molecule has 6 aromatic carbocycles. The number of esters is 4. The van der Waals surface area contributed by atoms with E-state index in [-0.39, 0.29) is 44.5 Å². The van der Waals surface area contributed by atoms with E-state index >= 15 is 0 Å². The first kappa shape index (κ1) is 44.0. The predicted molar refractivity (Wildman–Crippen MR) is 228 cm³/mol. The molecule has 0 bridgehead atoms. The average Bonchev–Trinajstić information content (AvgIpc) is 3.76. The molecule has 2 heterocycles. The molecule has 0 saturated carbocycles. The van der Waals surface area contributed by atoms with Gasteiger partial charge in [-0.25, -0.2) is 19.2 Å². The third kappa shape index (κ3) is 9.50. The summed E-state index contributed by atoms with van der Waals surface area (Å²) in [6.45, 7) is -1.87. The minimum atomic E-state index is -2.08. The Morgan fingerprint density at radius 2 is 0.561 bits per heavy atom. The smallest absolute Gasteiger partial charge is 0.338 e. The lowest BCUT2D eigenvalue weighted by Gasteiger charge is -2.36. The summed E-state index contributed by atoms with van der Waals surface area (Å²) >= 11 is 0. The van der Waals surface area contributed by atoms with Crippen molar-refractivity contribution >= 4 is 47.5 Å². The molecule has 0 radical (unpaired) electrons. The molecule has 330 valence electrons. The van der Waals surface area contributed by atoms with Crippen LogP contribution >= 0.6 is 0 Å². The van der Waals surface area contributed by atoms with Crippen LogP contribution in [-0.4, -0.2) is 95.3 Å². The number of hydroxylamine groups is 4. The van der Waals surface area contributed by atoms with Crippen LogP contribution in [0.25, 0.3) is 0 Å². The quantitative estimate of drug-likeness (QED) is 0.0558. The van der Waals surface area contributed by atoms with Crippen LogP contribution in [0.4, 0.5) is 0 Å². The minimum absolute atomic E-state index is 0.00444. The summed E-state index contributed by atoms with van der Waals surface area (Å²) in [6, 6.07) is 42.0. The number of carbonyl (C=O) groups excluding carboxylic acids is 8. The number of fused-ring (bicyclic) bond motifs is 2.